The molecule has 1 aliphatic heterocycles. The van der Waals surface area contributed by atoms with Gasteiger partial charge in [-0.05, 0) is 25.0 Å². The number of ether oxygens (including phenoxy) is 2. The summed E-state index contributed by atoms with van der Waals surface area (Å²) in [4.78, 5) is 38.5. The summed E-state index contributed by atoms with van der Waals surface area (Å²) in [6.45, 7) is 6.00. The van der Waals surface area contributed by atoms with E-state index in [9.17, 15) is 14.4 Å². The maximum Gasteiger partial charge on any atom is 0.307 e. The lowest BCUT2D eigenvalue weighted by Gasteiger charge is -2.33. The van der Waals surface area contributed by atoms with Gasteiger partial charge in [-0.25, -0.2) is 0 Å². The Labute approximate surface area is 184 Å². The summed E-state index contributed by atoms with van der Waals surface area (Å²) in [6.07, 6.45) is 5.18. The van der Waals surface area contributed by atoms with Crippen LogP contribution < -0.4 is 15.4 Å². The highest BCUT2D eigenvalue weighted by Crippen LogP contribution is 2.18. The van der Waals surface area contributed by atoms with Crippen molar-refractivity contribution in [2.45, 2.75) is 58.4 Å². The van der Waals surface area contributed by atoms with Gasteiger partial charge < -0.3 is 20.1 Å². The number of piperazine rings is 1. The number of hydrogen-bond donors (Lipinski definition) is 2. The molecule has 8 heteroatoms. The lowest BCUT2D eigenvalue weighted by molar-refractivity contribution is -0.148. The van der Waals surface area contributed by atoms with Crippen molar-refractivity contribution < 1.29 is 23.9 Å². The number of nitrogens with zero attached hydrogens (tertiary/aromatic N) is 1. The van der Waals surface area contributed by atoms with Crippen molar-refractivity contribution in [2.75, 3.05) is 38.2 Å². The van der Waals surface area contributed by atoms with E-state index in [-0.39, 0.29) is 24.8 Å². The van der Waals surface area contributed by atoms with Crippen molar-refractivity contribution in [1.29, 1.82) is 0 Å². The zero-order valence-corrected chi connectivity index (χ0v) is 18.7. The average Bonchev–Trinajstić information content (AvgIpc) is 2.75. The number of rotatable bonds is 13. The smallest absolute Gasteiger partial charge is 0.307 e. The summed E-state index contributed by atoms with van der Waals surface area (Å²) in [6, 6.07) is 6.58. The molecule has 0 spiro atoms. The molecule has 31 heavy (non-hydrogen) atoms. The van der Waals surface area contributed by atoms with Crippen LogP contribution >= 0.6 is 0 Å². The number of hydrogen-bond acceptors (Lipinski definition) is 6. The Morgan fingerprint density at radius 3 is 2.77 bits per heavy atom. The van der Waals surface area contributed by atoms with Crippen LogP contribution in [0.1, 0.15) is 52.4 Å². The average molecular weight is 434 g/mol. The first-order valence-electron chi connectivity index (χ1n) is 11.2. The second-order valence-electron chi connectivity index (χ2n) is 7.69. The van der Waals surface area contributed by atoms with Gasteiger partial charge in [-0.2, -0.15) is 0 Å². The first kappa shape index (κ1) is 24.7. The summed E-state index contributed by atoms with van der Waals surface area (Å²) in [5.74, 6) is -0.228. The fourth-order valence-electron chi connectivity index (χ4n) is 3.37. The third kappa shape index (κ3) is 8.96. The molecule has 0 bridgehead atoms. The van der Waals surface area contributed by atoms with Crippen LogP contribution in [0.3, 0.4) is 0 Å². The van der Waals surface area contributed by atoms with Crippen LogP contribution in [0.2, 0.25) is 0 Å². The van der Waals surface area contributed by atoms with E-state index >= 15 is 0 Å². The quantitative estimate of drug-likeness (QED) is 0.367. The van der Waals surface area contributed by atoms with E-state index in [1.807, 2.05) is 19.1 Å². The molecule has 1 aliphatic rings. The SMILES string of the molecule is CCCCCCOc1cccc(NC(=O)CN2CCNC(=O)C2CC(=O)OCCC)c1. The van der Waals surface area contributed by atoms with Crippen LogP contribution in [0.25, 0.3) is 0 Å². The first-order valence-corrected chi connectivity index (χ1v) is 11.2. The molecular weight excluding hydrogens is 398 g/mol. The van der Waals surface area contributed by atoms with E-state index in [1.165, 1.54) is 12.8 Å². The second-order valence-corrected chi connectivity index (χ2v) is 7.69. The van der Waals surface area contributed by atoms with Gasteiger partial charge in [0.2, 0.25) is 11.8 Å². The molecule has 2 amide bonds. The number of carbonyl (C=O) groups excluding carboxylic acids is 3. The maximum atomic E-state index is 12.6. The molecule has 1 saturated heterocycles. The van der Waals surface area contributed by atoms with Crippen LogP contribution in [0, 0.1) is 0 Å². The van der Waals surface area contributed by atoms with Crippen LogP contribution in [0.4, 0.5) is 5.69 Å². The number of nitrogens with one attached hydrogen (secondary N) is 2. The minimum atomic E-state index is -0.707. The predicted molar refractivity (Wildman–Crippen MR) is 119 cm³/mol. The van der Waals surface area contributed by atoms with E-state index in [2.05, 4.69) is 17.6 Å². The molecule has 8 nitrogen and oxygen atoms in total. The predicted octanol–water partition coefficient (Wildman–Crippen LogP) is 2.73. The summed E-state index contributed by atoms with van der Waals surface area (Å²) in [5.41, 5.74) is 0.636. The molecule has 1 fully saturated rings. The lowest BCUT2D eigenvalue weighted by Crippen LogP contribution is -2.57. The van der Waals surface area contributed by atoms with Gasteiger partial charge in [0.05, 0.1) is 26.2 Å². The van der Waals surface area contributed by atoms with Gasteiger partial charge in [0.25, 0.3) is 0 Å². The third-order valence-corrected chi connectivity index (χ3v) is 5.00. The molecule has 1 aromatic carbocycles. The van der Waals surface area contributed by atoms with Crippen molar-refractivity contribution in [3.63, 3.8) is 0 Å². The van der Waals surface area contributed by atoms with Gasteiger partial charge in [0, 0.05) is 24.8 Å². The number of amides is 2. The van der Waals surface area contributed by atoms with E-state index < -0.39 is 12.0 Å². The zero-order chi connectivity index (χ0) is 22.5. The molecule has 2 rings (SSSR count). The first-order chi connectivity index (χ1) is 15.0. The van der Waals surface area contributed by atoms with Gasteiger partial charge in [-0.3, -0.25) is 19.3 Å². The summed E-state index contributed by atoms with van der Waals surface area (Å²) >= 11 is 0. The lowest BCUT2D eigenvalue weighted by atomic mass is 10.1. The van der Waals surface area contributed by atoms with Crippen LogP contribution in [0.5, 0.6) is 5.75 Å². The summed E-state index contributed by atoms with van der Waals surface area (Å²) < 4.78 is 10.9. The molecule has 1 unspecified atom stereocenters. The van der Waals surface area contributed by atoms with Crippen molar-refractivity contribution >= 4 is 23.5 Å². The minimum Gasteiger partial charge on any atom is -0.494 e. The Balaban J connectivity index is 1.87. The summed E-state index contributed by atoms with van der Waals surface area (Å²) in [5, 5.41) is 5.60. The largest absolute Gasteiger partial charge is 0.494 e. The van der Waals surface area contributed by atoms with Crippen molar-refractivity contribution in [1.82, 2.24) is 10.2 Å². The number of carbonyl (C=O) groups is 3. The highest BCUT2D eigenvalue weighted by molar-refractivity contribution is 5.93. The summed E-state index contributed by atoms with van der Waals surface area (Å²) in [7, 11) is 0. The normalized spacial score (nSPS) is 16.5. The molecule has 0 aromatic heterocycles. The topological polar surface area (TPSA) is 97.0 Å². The Morgan fingerprint density at radius 2 is 2.00 bits per heavy atom. The highest BCUT2D eigenvalue weighted by Gasteiger charge is 2.33. The van der Waals surface area contributed by atoms with Gasteiger partial charge in [0.15, 0.2) is 0 Å². The maximum absolute atomic E-state index is 12.6. The molecule has 1 aromatic rings. The Kier molecular flexibility index (Phi) is 10.9. The van der Waals surface area contributed by atoms with Gasteiger partial charge in [0.1, 0.15) is 11.8 Å². The molecule has 2 N–H and O–H groups in total. The molecule has 172 valence electrons. The fraction of sp³-hybridized carbons (Fsp3) is 0.609. The number of esters is 1. The molecule has 0 aliphatic carbocycles. The van der Waals surface area contributed by atoms with Gasteiger partial charge in [-0.1, -0.05) is 39.2 Å². The van der Waals surface area contributed by atoms with Gasteiger partial charge in [-0.15, -0.1) is 0 Å². The third-order valence-electron chi connectivity index (χ3n) is 5.00. The molecule has 0 saturated carbocycles. The molecular formula is C23H35N3O5. The monoisotopic (exact) mass is 433 g/mol. The van der Waals surface area contributed by atoms with Crippen LogP contribution in [-0.2, 0) is 19.1 Å². The van der Waals surface area contributed by atoms with Crippen molar-refractivity contribution in [3.05, 3.63) is 24.3 Å². The Hall–Kier alpha value is -2.61. The molecule has 1 heterocycles. The minimum absolute atomic E-state index is 0.0151. The number of benzene rings is 1. The number of unbranched alkanes of at least 4 members (excludes halogenated alkanes) is 3. The fourth-order valence-corrected chi connectivity index (χ4v) is 3.37. The number of anilines is 1. The second kappa shape index (κ2) is 13.6. The Morgan fingerprint density at radius 1 is 1.16 bits per heavy atom. The highest BCUT2D eigenvalue weighted by atomic mass is 16.5. The van der Waals surface area contributed by atoms with E-state index in [1.54, 1.807) is 17.0 Å². The van der Waals surface area contributed by atoms with Gasteiger partial charge >= 0.3 is 5.97 Å². The van der Waals surface area contributed by atoms with E-state index in [0.717, 1.165) is 19.3 Å². The van der Waals surface area contributed by atoms with E-state index in [0.29, 0.717) is 37.7 Å². The van der Waals surface area contributed by atoms with Crippen LogP contribution in [-0.4, -0.2) is 61.6 Å². The zero-order valence-electron chi connectivity index (χ0n) is 18.7. The standard InChI is InChI=1S/C23H35N3O5/c1-3-5-6-7-14-30-19-10-8-9-18(15-19)25-21(27)17-26-12-11-24-23(29)20(26)16-22(28)31-13-4-2/h8-10,15,20H,3-7,11-14,16-17H2,1-2H3,(H,24,29)(H,25,27). The van der Waals surface area contributed by atoms with Crippen molar-refractivity contribution in [2.24, 2.45) is 0 Å². The molecule has 1 atom stereocenters. The molecule has 0 radical (unpaired) electrons. The van der Waals surface area contributed by atoms with E-state index in [4.69, 9.17) is 9.47 Å². The van der Waals surface area contributed by atoms with Crippen LogP contribution in [0.15, 0.2) is 24.3 Å². The Bertz CT molecular complexity index is 725. The van der Waals surface area contributed by atoms with Crippen molar-refractivity contribution in [3.8, 4) is 5.75 Å².